The van der Waals surface area contributed by atoms with Crippen molar-refractivity contribution in [3.8, 4) is 0 Å². The maximum atomic E-state index is 12.6. The molecule has 1 rings (SSSR count). The quantitative estimate of drug-likeness (QED) is 0.622. The van der Waals surface area contributed by atoms with Crippen molar-refractivity contribution < 1.29 is 28.6 Å². The van der Waals surface area contributed by atoms with E-state index in [4.69, 9.17) is 10.2 Å². The molecule has 1 aromatic carbocycles. The van der Waals surface area contributed by atoms with E-state index in [1.807, 2.05) is 5.32 Å². The zero-order valence-corrected chi connectivity index (χ0v) is 10.4. The fraction of sp³-hybridized carbons (Fsp3) is 0.333. The fourth-order valence-corrected chi connectivity index (χ4v) is 1.28. The van der Waals surface area contributed by atoms with Gasteiger partial charge in [0.2, 0.25) is 0 Å². The third-order valence-corrected chi connectivity index (χ3v) is 2.39. The van der Waals surface area contributed by atoms with Crippen LogP contribution in [-0.2, 0) is 6.54 Å². The third-order valence-electron chi connectivity index (χ3n) is 2.39. The van der Waals surface area contributed by atoms with Gasteiger partial charge in [-0.2, -0.15) is 0 Å². The molecule has 0 atom stereocenters. The summed E-state index contributed by atoms with van der Waals surface area (Å²) in [6, 6.07) is 4.95. The number of halogens is 2. The molecule has 0 aliphatic rings. The Morgan fingerprint density at radius 1 is 1.15 bits per heavy atom. The first kappa shape index (κ1) is 15.8. The van der Waals surface area contributed by atoms with E-state index in [9.17, 15) is 18.4 Å². The fourth-order valence-electron chi connectivity index (χ4n) is 1.28. The number of hydrogen-bond acceptors (Lipinski definition) is 3. The Balaban J connectivity index is 2.39. The number of carbonyl (C=O) groups excluding carboxylic acids is 1. The number of hydrogen-bond donors (Lipinski definition) is 4. The topological polar surface area (TPSA) is 98.7 Å². The van der Waals surface area contributed by atoms with Crippen molar-refractivity contribution in [1.29, 1.82) is 0 Å². The summed E-state index contributed by atoms with van der Waals surface area (Å²) in [5.41, 5.74) is 0.736. The predicted molar refractivity (Wildman–Crippen MR) is 65.7 cm³/mol. The molecule has 0 aromatic heterocycles. The summed E-state index contributed by atoms with van der Waals surface area (Å²) < 4.78 is 25.3. The molecule has 0 bridgehead atoms. The molecule has 0 unspecified atom stereocenters. The first-order valence-electron chi connectivity index (χ1n) is 5.67. The van der Waals surface area contributed by atoms with Crippen LogP contribution in [0.2, 0.25) is 0 Å². The molecule has 0 saturated carbocycles. The second kappa shape index (κ2) is 6.80. The maximum absolute atomic E-state index is 12.6. The number of carboxylic acid groups (broad SMARTS) is 1. The molecular formula is C12H14F2N2O4. The van der Waals surface area contributed by atoms with Crippen molar-refractivity contribution in [2.24, 2.45) is 0 Å². The van der Waals surface area contributed by atoms with E-state index >= 15 is 0 Å². The minimum Gasteiger partial charge on any atom is -0.478 e. The normalized spacial score (nSPS) is 10.9. The van der Waals surface area contributed by atoms with Crippen molar-refractivity contribution in [2.75, 3.05) is 13.2 Å². The Morgan fingerprint density at radius 2 is 1.75 bits per heavy atom. The molecule has 0 fully saturated rings. The molecule has 0 saturated heterocycles. The lowest BCUT2D eigenvalue weighted by Crippen LogP contribution is -2.43. The van der Waals surface area contributed by atoms with Gasteiger partial charge in [0.25, 0.3) is 5.92 Å². The van der Waals surface area contributed by atoms with Crippen LogP contribution in [0, 0.1) is 0 Å². The van der Waals surface area contributed by atoms with Crippen LogP contribution in [0.4, 0.5) is 13.6 Å². The molecule has 0 aliphatic heterocycles. The second-order valence-corrected chi connectivity index (χ2v) is 4.05. The highest BCUT2D eigenvalue weighted by Gasteiger charge is 2.28. The molecule has 0 aliphatic carbocycles. The van der Waals surface area contributed by atoms with Gasteiger partial charge in [0.05, 0.1) is 12.1 Å². The number of rotatable bonds is 6. The van der Waals surface area contributed by atoms with Crippen LogP contribution in [-0.4, -0.2) is 41.3 Å². The third kappa shape index (κ3) is 5.19. The smallest absolute Gasteiger partial charge is 0.335 e. The molecular weight excluding hydrogens is 274 g/mol. The molecule has 20 heavy (non-hydrogen) atoms. The van der Waals surface area contributed by atoms with Gasteiger partial charge < -0.3 is 20.8 Å². The molecule has 2 amide bonds. The van der Waals surface area contributed by atoms with Crippen LogP contribution in [0.1, 0.15) is 15.9 Å². The van der Waals surface area contributed by atoms with E-state index in [1.165, 1.54) is 24.3 Å². The lowest BCUT2D eigenvalue weighted by Gasteiger charge is -2.14. The Labute approximate surface area is 113 Å². The van der Waals surface area contributed by atoms with Crippen LogP contribution < -0.4 is 10.6 Å². The van der Waals surface area contributed by atoms with Crippen molar-refractivity contribution in [3.05, 3.63) is 35.4 Å². The number of benzene rings is 1. The minimum absolute atomic E-state index is 0.0659. The van der Waals surface area contributed by atoms with E-state index in [0.717, 1.165) is 0 Å². The van der Waals surface area contributed by atoms with E-state index in [1.54, 1.807) is 0 Å². The number of aliphatic hydroxyl groups excluding tert-OH is 1. The zero-order valence-electron chi connectivity index (χ0n) is 10.4. The number of urea groups is 1. The number of nitrogens with one attached hydrogen (secondary N) is 2. The molecule has 6 nitrogen and oxygen atoms in total. The summed E-state index contributed by atoms with van der Waals surface area (Å²) in [5, 5.41) is 21.3. The van der Waals surface area contributed by atoms with Crippen molar-refractivity contribution in [1.82, 2.24) is 10.6 Å². The van der Waals surface area contributed by atoms with E-state index in [2.05, 4.69) is 5.32 Å². The highest BCUT2D eigenvalue weighted by Crippen LogP contribution is 2.09. The minimum atomic E-state index is -3.36. The summed E-state index contributed by atoms with van der Waals surface area (Å²) >= 11 is 0. The number of amides is 2. The van der Waals surface area contributed by atoms with Gasteiger partial charge in [0.1, 0.15) is 6.61 Å². The first-order valence-corrected chi connectivity index (χ1v) is 5.67. The van der Waals surface area contributed by atoms with Gasteiger partial charge in [0, 0.05) is 6.54 Å². The van der Waals surface area contributed by atoms with Gasteiger partial charge in [-0.15, -0.1) is 0 Å². The lowest BCUT2D eigenvalue weighted by molar-refractivity contribution is -0.0454. The maximum Gasteiger partial charge on any atom is 0.335 e. The van der Waals surface area contributed by atoms with E-state index < -0.39 is 31.1 Å². The average Bonchev–Trinajstić information content (AvgIpc) is 2.43. The monoisotopic (exact) mass is 288 g/mol. The molecule has 0 heterocycles. The second-order valence-electron chi connectivity index (χ2n) is 4.05. The molecule has 4 N–H and O–H groups in total. The lowest BCUT2D eigenvalue weighted by atomic mass is 10.1. The number of alkyl halides is 2. The SMILES string of the molecule is O=C(NCc1ccc(C(=O)O)cc1)NCC(F)(F)CO. The highest BCUT2D eigenvalue weighted by molar-refractivity contribution is 5.87. The van der Waals surface area contributed by atoms with Gasteiger partial charge in [-0.05, 0) is 17.7 Å². The Kier molecular flexibility index (Phi) is 5.39. The summed E-state index contributed by atoms with van der Waals surface area (Å²) in [6.07, 6.45) is 0. The summed E-state index contributed by atoms with van der Waals surface area (Å²) in [4.78, 5) is 21.8. The van der Waals surface area contributed by atoms with E-state index in [-0.39, 0.29) is 12.1 Å². The zero-order chi connectivity index (χ0) is 15.2. The van der Waals surface area contributed by atoms with E-state index in [0.29, 0.717) is 5.56 Å². The van der Waals surface area contributed by atoms with Gasteiger partial charge >= 0.3 is 12.0 Å². The largest absolute Gasteiger partial charge is 0.478 e. The summed E-state index contributed by atoms with van der Waals surface area (Å²) in [6.45, 7) is -2.24. The van der Waals surface area contributed by atoms with Crippen LogP contribution in [0.15, 0.2) is 24.3 Å². The van der Waals surface area contributed by atoms with Gasteiger partial charge in [0.15, 0.2) is 0 Å². The molecule has 8 heteroatoms. The summed E-state index contributed by atoms with van der Waals surface area (Å²) in [7, 11) is 0. The van der Waals surface area contributed by atoms with Gasteiger partial charge in [-0.1, -0.05) is 12.1 Å². The number of carbonyl (C=O) groups is 2. The number of aromatic carboxylic acids is 1. The standard InChI is InChI=1S/C12H14F2N2O4/c13-12(14,7-17)6-16-11(20)15-5-8-1-3-9(4-2-8)10(18)19/h1-4,17H,5-7H2,(H,18,19)(H2,15,16,20). The summed E-state index contributed by atoms with van der Waals surface area (Å²) in [5.74, 6) is -4.42. The van der Waals surface area contributed by atoms with Crippen LogP contribution in [0.25, 0.3) is 0 Å². The molecule has 0 spiro atoms. The van der Waals surface area contributed by atoms with Crippen molar-refractivity contribution in [2.45, 2.75) is 12.5 Å². The number of carboxylic acids is 1. The molecule has 110 valence electrons. The Bertz CT molecular complexity index is 477. The van der Waals surface area contributed by atoms with Gasteiger partial charge in [-0.25, -0.2) is 18.4 Å². The average molecular weight is 288 g/mol. The Morgan fingerprint density at radius 3 is 2.25 bits per heavy atom. The number of aliphatic hydroxyl groups is 1. The molecule has 1 aromatic rings. The Hall–Kier alpha value is -2.22. The van der Waals surface area contributed by atoms with Crippen molar-refractivity contribution in [3.63, 3.8) is 0 Å². The van der Waals surface area contributed by atoms with Crippen molar-refractivity contribution >= 4 is 12.0 Å². The van der Waals surface area contributed by atoms with Crippen LogP contribution >= 0.6 is 0 Å². The van der Waals surface area contributed by atoms with Crippen LogP contribution in [0.5, 0.6) is 0 Å². The van der Waals surface area contributed by atoms with Gasteiger partial charge in [-0.3, -0.25) is 0 Å². The van der Waals surface area contributed by atoms with Crippen LogP contribution in [0.3, 0.4) is 0 Å². The highest BCUT2D eigenvalue weighted by atomic mass is 19.3. The predicted octanol–water partition coefficient (Wildman–Crippen LogP) is 0.812. The first-order chi connectivity index (χ1) is 9.34. The molecule has 0 radical (unpaired) electrons.